The van der Waals surface area contributed by atoms with Gasteiger partial charge in [-0.05, 0) is 42.5 Å². The molecule has 0 aromatic heterocycles. The van der Waals surface area contributed by atoms with Gasteiger partial charge in [-0.2, -0.15) is 0 Å². The Hall–Kier alpha value is -1.97. The highest BCUT2D eigenvalue weighted by Crippen LogP contribution is 2.21. The first kappa shape index (κ1) is 17.4. The van der Waals surface area contributed by atoms with E-state index < -0.39 is 21.7 Å². The lowest BCUT2D eigenvalue weighted by Crippen LogP contribution is -2.15. The Kier molecular flexibility index (Phi) is 5.34. The number of hydrogen-bond acceptors (Lipinski definition) is 4. The first-order valence-electron chi connectivity index (χ1n) is 6.26. The van der Waals surface area contributed by atoms with Crippen LogP contribution in [-0.2, 0) is 14.8 Å². The van der Waals surface area contributed by atoms with Crippen LogP contribution in [0.4, 0.5) is 14.5 Å². The van der Waals surface area contributed by atoms with E-state index in [1.54, 1.807) is 0 Å². The molecule has 0 aliphatic heterocycles. The molecule has 0 radical (unpaired) electrons. The molecule has 2 rings (SSSR count). The first-order chi connectivity index (χ1) is 10.8. The van der Waals surface area contributed by atoms with Crippen LogP contribution in [0.15, 0.2) is 52.3 Å². The number of amides is 1. The second-order valence-corrected chi connectivity index (χ2v) is 7.09. The molecule has 2 aromatic rings. The summed E-state index contributed by atoms with van der Waals surface area (Å²) >= 11 is 1.04. The van der Waals surface area contributed by atoms with Crippen LogP contribution in [0.5, 0.6) is 0 Å². The number of nitrogens with two attached hydrogens (primary N) is 1. The van der Waals surface area contributed by atoms with Gasteiger partial charge in [-0.3, -0.25) is 4.79 Å². The van der Waals surface area contributed by atoms with E-state index in [1.165, 1.54) is 30.3 Å². The predicted molar refractivity (Wildman–Crippen MR) is 83.5 cm³/mol. The highest BCUT2D eigenvalue weighted by molar-refractivity contribution is 8.00. The second kappa shape index (κ2) is 7.07. The van der Waals surface area contributed by atoms with Crippen molar-refractivity contribution in [1.82, 2.24) is 0 Å². The lowest BCUT2D eigenvalue weighted by Gasteiger charge is -2.06. The summed E-state index contributed by atoms with van der Waals surface area (Å²) in [6.45, 7) is 0. The Morgan fingerprint density at radius 3 is 2.30 bits per heavy atom. The summed E-state index contributed by atoms with van der Waals surface area (Å²) in [5, 5.41) is 7.52. The standard InChI is InChI=1S/C14H12F2N2O3S2/c15-12-6-3-10(7-13(12)16)22-8-14(19)18-9-1-4-11(5-2-9)23(17,20)21/h1-7H,8H2,(H,18,19)(H2,17,20,21). The minimum Gasteiger partial charge on any atom is -0.325 e. The molecule has 23 heavy (non-hydrogen) atoms. The van der Waals surface area contributed by atoms with Crippen molar-refractivity contribution >= 4 is 33.4 Å². The molecule has 1 amide bonds. The van der Waals surface area contributed by atoms with E-state index in [4.69, 9.17) is 5.14 Å². The van der Waals surface area contributed by atoms with Crippen molar-refractivity contribution in [3.05, 3.63) is 54.1 Å². The number of benzene rings is 2. The number of anilines is 1. The number of carbonyl (C=O) groups excluding carboxylic acids is 1. The summed E-state index contributed by atoms with van der Waals surface area (Å²) in [6, 6.07) is 8.72. The van der Waals surface area contributed by atoms with Crippen LogP contribution in [0.3, 0.4) is 0 Å². The minimum atomic E-state index is -3.78. The van der Waals surface area contributed by atoms with E-state index in [9.17, 15) is 22.0 Å². The molecule has 0 bridgehead atoms. The number of rotatable bonds is 5. The van der Waals surface area contributed by atoms with Crippen molar-refractivity contribution in [1.29, 1.82) is 0 Å². The maximum Gasteiger partial charge on any atom is 0.238 e. The second-order valence-electron chi connectivity index (χ2n) is 4.48. The molecular formula is C14H12F2N2O3S2. The van der Waals surface area contributed by atoms with Crippen LogP contribution < -0.4 is 10.5 Å². The van der Waals surface area contributed by atoms with Gasteiger partial charge in [0.2, 0.25) is 15.9 Å². The molecule has 0 unspecified atom stereocenters. The fourth-order valence-electron chi connectivity index (χ4n) is 1.64. The molecule has 0 heterocycles. The number of carbonyl (C=O) groups is 1. The monoisotopic (exact) mass is 358 g/mol. The molecule has 0 atom stereocenters. The zero-order valence-electron chi connectivity index (χ0n) is 11.6. The zero-order chi connectivity index (χ0) is 17.0. The molecule has 0 fully saturated rings. The minimum absolute atomic E-state index is 0.0119. The molecule has 0 spiro atoms. The van der Waals surface area contributed by atoms with Gasteiger partial charge in [0.15, 0.2) is 11.6 Å². The summed E-state index contributed by atoms with van der Waals surface area (Å²) < 4.78 is 48.0. The molecule has 122 valence electrons. The third-order valence-corrected chi connectivity index (χ3v) is 4.65. The Morgan fingerprint density at radius 2 is 1.74 bits per heavy atom. The van der Waals surface area contributed by atoms with Gasteiger partial charge in [0.1, 0.15) is 0 Å². The van der Waals surface area contributed by atoms with Crippen LogP contribution in [0.1, 0.15) is 0 Å². The van der Waals surface area contributed by atoms with Crippen LogP contribution in [0.25, 0.3) is 0 Å². The SMILES string of the molecule is NS(=O)(=O)c1ccc(NC(=O)CSc2ccc(F)c(F)c2)cc1. The van der Waals surface area contributed by atoms with Gasteiger partial charge >= 0.3 is 0 Å². The highest BCUT2D eigenvalue weighted by atomic mass is 32.2. The topological polar surface area (TPSA) is 89.3 Å². The van der Waals surface area contributed by atoms with Crippen molar-refractivity contribution in [3.63, 3.8) is 0 Å². The summed E-state index contributed by atoms with van der Waals surface area (Å²) in [5.41, 5.74) is 0.397. The van der Waals surface area contributed by atoms with Gasteiger partial charge in [-0.15, -0.1) is 11.8 Å². The Bertz CT molecular complexity index is 824. The lowest BCUT2D eigenvalue weighted by molar-refractivity contribution is -0.113. The number of hydrogen-bond donors (Lipinski definition) is 2. The average Bonchev–Trinajstić information content (AvgIpc) is 2.48. The van der Waals surface area contributed by atoms with Gasteiger partial charge in [0.05, 0.1) is 10.6 Å². The van der Waals surface area contributed by atoms with Crippen LogP contribution in [0.2, 0.25) is 0 Å². The van der Waals surface area contributed by atoms with Crippen molar-refractivity contribution in [3.8, 4) is 0 Å². The Balaban J connectivity index is 1.93. The molecule has 0 saturated heterocycles. The fourth-order valence-corrected chi connectivity index (χ4v) is 2.88. The van der Waals surface area contributed by atoms with Crippen molar-refractivity contribution < 1.29 is 22.0 Å². The van der Waals surface area contributed by atoms with Gasteiger partial charge in [0.25, 0.3) is 0 Å². The van der Waals surface area contributed by atoms with Crippen LogP contribution in [-0.4, -0.2) is 20.1 Å². The van der Waals surface area contributed by atoms with E-state index in [-0.39, 0.29) is 16.6 Å². The lowest BCUT2D eigenvalue weighted by atomic mass is 10.3. The largest absolute Gasteiger partial charge is 0.325 e. The summed E-state index contributed by atoms with van der Waals surface area (Å²) in [4.78, 5) is 12.1. The van der Waals surface area contributed by atoms with Gasteiger partial charge < -0.3 is 5.32 Å². The third-order valence-electron chi connectivity index (χ3n) is 2.73. The molecule has 0 aliphatic carbocycles. The predicted octanol–water partition coefficient (Wildman–Crippen LogP) is 2.34. The van der Waals surface area contributed by atoms with E-state index in [0.29, 0.717) is 10.6 Å². The van der Waals surface area contributed by atoms with Crippen molar-refractivity contribution in [2.45, 2.75) is 9.79 Å². The van der Waals surface area contributed by atoms with E-state index in [1.807, 2.05) is 0 Å². The molecule has 0 aliphatic rings. The molecule has 2 aromatic carbocycles. The van der Waals surface area contributed by atoms with E-state index >= 15 is 0 Å². The summed E-state index contributed by atoms with van der Waals surface area (Å²) in [7, 11) is -3.78. The first-order valence-corrected chi connectivity index (χ1v) is 8.79. The van der Waals surface area contributed by atoms with Crippen LogP contribution in [0, 0.1) is 11.6 Å². The van der Waals surface area contributed by atoms with E-state index in [2.05, 4.69) is 5.32 Å². The Labute approximate surface area is 135 Å². The number of halogens is 2. The van der Waals surface area contributed by atoms with E-state index in [0.717, 1.165) is 23.9 Å². The number of sulfonamides is 1. The van der Waals surface area contributed by atoms with Crippen molar-refractivity contribution in [2.24, 2.45) is 5.14 Å². The molecule has 5 nitrogen and oxygen atoms in total. The highest BCUT2D eigenvalue weighted by Gasteiger charge is 2.09. The zero-order valence-corrected chi connectivity index (χ0v) is 13.3. The maximum absolute atomic E-state index is 13.0. The van der Waals surface area contributed by atoms with Crippen LogP contribution >= 0.6 is 11.8 Å². The molecular weight excluding hydrogens is 346 g/mol. The number of primary sulfonamides is 1. The smallest absolute Gasteiger partial charge is 0.238 e. The molecule has 3 N–H and O–H groups in total. The molecule has 0 saturated carbocycles. The van der Waals surface area contributed by atoms with Crippen molar-refractivity contribution in [2.75, 3.05) is 11.1 Å². The third kappa shape index (κ3) is 5.02. The quantitative estimate of drug-likeness (QED) is 0.803. The maximum atomic E-state index is 13.0. The average molecular weight is 358 g/mol. The van der Waals surface area contributed by atoms with Gasteiger partial charge in [-0.25, -0.2) is 22.3 Å². The molecule has 9 heteroatoms. The Morgan fingerprint density at radius 1 is 1.09 bits per heavy atom. The summed E-state index contributed by atoms with van der Waals surface area (Å²) in [5.74, 6) is -2.31. The fraction of sp³-hybridized carbons (Fsp3) is 0.0714. The normalized spacial score (nSPS) is 11.3. The van der Waals surface area contributed by atoms with Gasteiger partial charge in [-0.1, -0.05) is 0 Å². The number of nitrogens with one attached hydrogen (secondary N) is 1. The van der Waals surface area contributed by atoms with Gasteiger partial charge in [0, 0.05) is 10.6 Å². The summed E-state index contributed by atoms with van der Waals surface area (Å²) in [6.07, 6.45) is 0. The number of thioether (sulfide) groups is 1.